The molecule has 0 spiro atoms. The average Bonchev–Trinajstić information content (AvgIpc) is 3.37. The Morgan fingerprint density at radius 2 is 1.97 bits per heavy atom. The van der Waals surface area contributed by atoms with Crippen LogP contribution >= 0.6 is 11.6 Å². The number of ether oxygens (including phenoxy) is 1. The van der Waals surface area contributed by atoms with Crippen molar-refractivity contribution in [3.8, 4) is 11.4 Å². The van der Waals surface area contributed by atoms with Crippen LogP contribution in [0.4, 0.5) is 11.4 Å². The van der Waals surface area contributed by atoms with E-state index in [1.807, 2.05) is 0 Å². The molecule has 184 valence electrons. The maximum absolute atomic E-state index is 13.6. The van der Waals surface area contributed by atoms with Crippen molar-refractivity contribution in [3.05, 3.63) is 47.2 Å². The predicted octanol–water partition coefficient (Wildman–Crippen LogP) is 3.35. The zero-order chi connectivity index (χ0) is 24.6. The number of nitrogens with one attached hydrogen (secondary N) is 1. The molecule has 1 fully saturated rings. The Morgan fingerprint density at radius 1 is 1.14 bits per heavy atom. The second-order valence-corrected chi connectivity index (χ2v) is 10.5. The molecule has 0 bridgehead atoms. The number of rotatable bonds is 2. The number of halogens is 1. The van der Waals surface area contributed by atoms with Gasteiger partial charge >= 0.3 is 5.97 Å². The van der Waals surface area contributed by atoms with Gasteiger partial charge in [0.05, 0.1) is 34.3 Å². The van der Waals surface area contributed by atoms with Crippen molar-refractivity contribution in [2.75, 3.05) is 22.8 Å². The first-order chi connectivity index (χ1) is 16.8. The number of benzene rings is 2. The zero-order valence-corrected chi connectivity index (χ0v) is 20.2. The van der Waals surface area contributed by atoms with Gasteiger partial charge in [-0.15, -0.1) is 5.10 Å². The van der Waals surface area contributed by atoms with Crippen molar-refractivity contribution >= 4 is 39.0 Å². The van der Waals surface area contributed by atoms with E-state index >= 15 is 0 Å². The molecule has 0 saturated carbocycles. The van der Waals surface area contributed by atoms with Crippen molar-refractivity contribution in [2.24, 2.45) is 0 Å². The second-order valence-electron chi connectivity index (χ2n) is 8.48. The maximum Gasteiger partial charge on any atom is 0.335 e. The number of carboxylic acids is 1. The maximum atomic E-state index is 13.6. The lowest BCUT2D eigenvalue weighted by Crippen LogP contribution is -2.40. The highest BCUT2D eigenvalue weighted by Gasteiger charge is 2.30. The van der Waals surface area contributed by atoms with E-state index in [0.717, 1.165) is 38.3 Å². The number of hydrogen-bond donors (Lipinski definition) is 2. The number of carboxylic acid groups (broad SMARTS) is 1. The molecule has 0 radical (unpaired) electrons. The van der Waals surface area contributed by atoms with Crippen molar-refractivity contribution in [2.45, 2.75) is 43.0 Å². The zero-order valence-electron chi connectivity index (χ0n) is 18.6. The molecule has 35 heavy (non-hydrogen) atoms. The molecule has 3 aromatic rings. The molecule has 1 unspecified atom stereocenters. The Morgan fingerprint density at radius 3 is 2.74 bits per heavy atom. The van der Waals surface area contributed by atoms with E-state index in [0.29, 0.717) is 35.1 Å². The molecule has 3 heterocycles. The van der Waals surface area contributed by atoms with Crippen LogP contribution in [0.25, 0.3) is 5.69 Å². The molecule has 0 amide bonds. The molecule has 5 rings (SSSR count). The van der Waals surface area contributed by atoms with Gasteiger partial charge in [0.1, 0.15) is 17.0 Å². The lowest BCUT2D eigenvalue weighted by molar-refractivity contribution is 0.0696. The lowest BCUT2D eigenvalue weighted by atomic mass is 9.97. The fourth-order valence-corrected chi connectivity index (χ4v) is 6.09. The number of sulfonamides is 1. The number of tetrazole rings is 1. The normalized spacial score (nSPS) is 19.6. The molecule has 2 aliphatic heterocycles. The molecule has 13 heteroatoms. The third-order valence-corrected chi connectivity index (χ3v) is 7.95. The third kappa shape index (κ3) is 4.63. The molecule has 11 nitrogen and oxygen atoms in total. The SMILES string of the molecule is O=C(O)c1ccc2c(c1)S(=O)(=O)Nc1cc(-n3cnnn3)c(Cl)cc1N1CCCCC1CCCO2. The number of carbonyl (C=O) groups is 1. The second kappa shape index (κ2) is 9.34. The number of hydrogen-bond acceptors (Lipinski definition) is 8. The summed E-state index contributed by atoms with van der Waals surface area (Å²) in [6.07, 6.45) is 5.94. The number of aromatic carboxylic acids is 1. The highest BCUT2D eigenvalue weighted by Crippen LogP contribution is 2.40. The number of fused-ring (bicyclic) bond motifs is 4. The lowest BCUT2D eigenvalue weighted by Gasteiger charge is -2.39. The number of piperidine rings is 1. The molecule has 2 aromatic carbocycles. The van der Waals surface area contributed by atoms with Gasteiger partial charge in [0, 0.05) is 12.6 Å². The van der Waals surface area contributed by atoms with Gasteiger partial charge in [0.25, 0.3) is 10.0 Å². The van der Waals surface area contributed by atoms with Gasteiger partial charge in [-0.2, -0.15) is 4.68 Å². The Balaban J connectivity index is 1.69. The summed E-state index contributed by atoms with van der Waals surface area (Å²) in [5.41, 5.74) is 1.18. The Hall–Kier alpha value is -3.38. The van der Waals surface area contributed by atoms with Crippen LogP contribution in [0.1, 0.15) is 42.5 Å². The van der Waals surface area contributed by atoms with Gasteiger partial charge < -0.3 is 14.7 Å². The summed E-state index contributed by atoms with van der Waals surface area (Å²) in [6, 6.07) is 7.32. The van der Waals surface area contributed by atoms with Gasteiger partial charge in [0.2, 0.25) is 0 Å². The smallest absolute Gasteiger partial charge is 0.335 e. The average molecular weight is 519 g/mol. The first-order valence-corrected chi connectivity index (χ1v) is 13.1. The monoisotopic (exact) mass is 518 g/mol. The number of aromatic nitrogens is 4. The minimum absolute atomic E-state index is 0.0970. The van der Waals surface area contributed by atoms with Crippen LogP contribution in [0.15, 0.2) is 41.6 Å². The quantitative estimate of drug-likeness (QED) is 0.522. The van der Waals surface area contributed by atoms with E-state index < -0.39 is 16.0 Å². The summed E-state index contributed by atoms with van der Waals surface area (Å²) in [4.78, 5) is 13.5. The van der Waals surface area contributed by atoms with Crippen LogP contribution in [-0.4, -0.2) is 58.9 Å². The van der Waals surface area contributed by atoms with E-state index in [9.17, 15) is 18.3 Å². The van der Waals surface area contributed by atoms with Crippen molar-refractivity contribution in [3.63, 3.8) is 0 Å². The molecule has 1 saturated heterocycles. The van der Waals surface area contributed by atoms with Crippen LogP contribution in [0.2, 0.25) is 5.02 Å². The first kappa shape index (κ1) is 23.4. The van der Waals surface area contributed by atoms with E-state index in [1.165, 1.54) is 23.1 Å². The Kier molecular flexibility index (Phi) is 6.24. The van der Waals surface area contributed by atoms with E-state index in [1.54, 1.807) is 12.1 Å². The summed E-state index contributed by atoms with van der Waals surface area (Å²) in [5.74, 6) is -1.14. The van der Waals surface area contributed by atoms with Crippen LogP contribution in [0.3, 0.4) is 0 Å². The third-order valence-electron chi connectivity index (χ3n) is 6.26. The molecule has 1 aromatic heterocycles. The number of nitrogens with zero attached hydrogens (tertiary/aromatic N) is 5. The summed E-state index contributed by atoms with van der Waals surface area (Å²) >= 11 is 6.61. The Bertz CT molecular complexity index is 1360. The van der Waals surface area contributed by atoms with Crippen LogP contribution in [-0.2, 0) is 10.0 Å². The molecule has 2 aliphatic rings. The van der Waals surface area contributed by atoms with Crippen LogP contribution in [0.5, 0.6) is 5.75 Å². The molecule has 0 aliphatic carbocycles. The van der Waals surface area contributed by atoms with Gasteiger partial charge in [-0.25, -0.2) is 13.2 Å². The fourth-order valence-electron chi connectivity index (χ4n) is 4.61. The van der Waals surface area contributed by atoms with E-state index in [4.69, 9.17) is 16.3 Å². The minimum Gasteiger partial charge on any atom is -0.492 e. The Labute approximate surface area is 206 Å². The largest absolute Gasteiger partial charge is 0.492 e. The van der Waals surface area contributed by atoms with Gasteiger partial charge in [-0.3, -0.25) is 4.72 Å². The molecular formula is C22H23ClN6O5S. The highest BCUT2D eigenvalue weighted by molar-refractivity contribution is 7.92. The van der Waals surface area contributed by atoms with Gasteiger partial charge in [0.15, 0.2) is 0 Å². The van der Waals surface area contributed by atoms with Crippen LogP contribution < -0.4 is 14.4 Å². The summed E-state index contributed by atoms with van der Waals surface area (Å²) < 4.78 is 37.0. The standard InChI is InChI=1S/C22H23ClN6O5S/c23-16-11-19-17(12-18(16)29-13-24-26-27-29)25-35(32,33)21-10-14(22(30)31)6-7-20(21)34-9-3-5-15-4-1-2-8-28(15)19/h6-7,10-13,15,25H,1-5,8-9H2,(H,30,31). The number of anilines is 2. The van der Waals surface area contributed by atoms with E-state index in [-0.39, 0.29) is 22.3 Å². The van der Waals surface area contributed by atoms with Crippen molar-refractivity contribution in [1.82, 2.24) is 20.2 Å². The topological polar surface area (TPSA) is 140 Å². The van der Waals surface area contributed by atoms with Crippen LogP contribution in [0, 0.1) is 0 Å². The van der Waals surface area contributed by atoms with Crippen molar-refractivity contribution in [1.29, 1.82) is 0 Å². The fraction of sp³-hybridized carbons (Fsp3) is 0.364. The summed E-state index contributed by atoms with van der Waals surface area (Å²) in [5, 5.41) is 20.9. The van der Waals surface area contributed by atoms with Gasteiger partial charge in [-0.1, -0.05) is 11.6 Å². The highest BCUT2D eigenvalue weighted by atomic mass is 35.5. The molecule has 2 N–H and O–H groups in total. The summed E-state index contributed by atoms with van der Waals surface area (Å²) in [6.45, 7) is 1.06. The molecule has 1 atom stereocenters. The first-order valence-electron chi connectivity index (χ1n) is 11.2. The van der Waals surface area contributed by atoms with Gasteiger partial charge in [-0.05, 0) is 72.9 Å². The predicted molar refractivity (Wildman–Crippen MR) is 128 cm³/mol. The summed E-state index contributed by atoms with van der Waals surface area (Å²) in [7, 11) is -4.24. The van der Waals surface area contributed by atoms with E-state index in [2.05, 4.69) is 25.1 Å². The minimum atomic E-state index is -4.24. The van der Waals surface area contributed by atoms with Crippen molar-refractivity contribution < 1.29 is 23.1 Å². The molecular weight excluding hydrogens is 496 g/mol.